The van der Waals surface area contributed by atoms with E-state index in [1.54, 1.807) is 38.1 Å². The lowest BCUT2D eigenvalue weighted by Gasteiger charge is -2.35. The predicted octanol–water partition coefficient (Wildman–Crippen LogP) is 8.02. The number of benzene rings is 2. The van der Waals surface area contributed by atoms with Crippen LogP contribution >= 0.6 is 11.6 Å². The summed E-state index contributed by atoms with van der Waals surface area (Å²) >= 11 is 6.47. The van der Waals surface area contributed by atoms with Crippen molar-refractivity contribution in [1.82, 2.24) is 14.9 Å². The Kier molecular flexibility index (Phi) is 9.83. The van der Waals surface area contributed by atoms with Gasteiger partial charge in [0.1, 0.15) is 10.8 Å². The molecule has 5 rings (SSSR count). The average Bonchev–Trinajstić information content (AvgIpc) is 3.51. The van der Waals surface area contributed by atoms with Crippen molar-refractivity contribution in [2.24, 2.45) is 0 Å². The van der Waals surface area contributed by atoms with Crippen molar-refractivity contribution in [2.75, 3.05) is 23.7 Å². The van der Waals surface area contributed by atoms with Crippen LogP contribution in [0.5, 0.6) is 5.75 Å². The van der Waals surface area contributed by atoms with Crippen LogP contribution in [0.1, 0.15) is 83.3 Å². The van der Waals surface area contributed by atoms with Gasteiger partial charge < -0.3 is 20.3 Å². The summed E-state index contributed by atoms with van der Waals surface area (Å²) in [6.45, 7) is 12.0. The van der Waals surface area contributed by atoms with Crippen molar-refractivity contribution in [3.8, 4) is 5.75 Å². The molecule has 2 N–H and O–H groups in total. The third kappa shape index (κ3) is 7.27. The van der Waals surface area contributed by atoms with Gasteiger partial charge in [0.05, 0.1) is 33.8 Å². The minimum atomic E-state index is -3.53. The van der Waals surface area contributed by atoms with Crippen LogP contribution in [0.25, 0.3) is 0 Å². The molecule has 0 radical (unpaired) electrons. The maximum atomic E-state index is 13.0. The van der Waals surface area contributed by atoms with Crippen LogP contribution in [-0.4, -0.2) is 53.8 Å². The Labute approximate surface area is 261 Å². The molecule has 10 heteroatoms. The maximum Gasteiger partial charge on any atom is 0.229 e. The number of hydrogen-bond acceptors (Lipinski definition) is 8. The van der Waals surface area contributed by atoms with E-state index >= 15 is 0 Å². The van der Waals surface area contributed by atoms with Crippen molar-refractivity contribution < 1.29 is 13.2 Å². The van der Waals surface area contributed by atoms with Crippen molar-refractivity contribution in [2.45, 2.75) is 101 Å². The highest BCUT2D eigenvalue weighted by molar-refractivity contribution is 7.92. The zero-order chi connectivity index (χ0) is 30.7. The minimum absolute atomic E-state index is 0.00946. The summed E-state index contributed by atoms with van der Waals surface area (Å²) in [7, 11) is -3.53. The molecule has 0 amide bonds. The van der Waals surface area contributed by atoms with Crippen LogP contribution in [0.3, 0.4) is 0 Å². The zero-order valence-corrected chi connectivity index (χ0v) is 27.4. The second-order valence-electron chi connectivity index (χ2n) is 12.4. The largest absolute Gasteiger partial charge is 0.489 e. The molecular weight excluding hydrogens is 582 g/mol. The summed E-state index contributed by atoms with van der Waals surface area (Å²) < 4.78 is 32.3. The Morgan fingerprint density at radius 3 is 2.35 bits per heavy atom. The Morgan fingerprint density at radius 2 is 1.67 bits per heavy atom. The molecule has 2 fully saturated rings. The van der Waals surface area contributed by atoms with Crippen molar-refractivity contribution in [3.05, 3.63) is 58.7 Å². The second kappa shape index (κ2) is 13.4. The Hall–Kier alpha value is -2.88. The highest BCUT2D eigenvalue weighted by Crippen LogP contribution is 2.41. The van der Waals surface area contributed by atoms with Crippen LogP contribution in [0, 0.1) is 6.92 Å². The number of sulfone groups is 1. The summed E-state index contributed by atoms with van der Waals surface area (Å²) in [4.78, 5) is 11.9. The summed E-state index contributed by atoms with van der Waals surface area (Å²) in [6.07, 6.45) is 9.06. The molecule has 0 atom stereocenters. The quantitative estimate of drug-likeness (QED) is 0.234. The minimum Gasteiger partial charge on any atom is -0.489 e. The van der Waals surface area contributed by atoms with Gasteiger partial charge in [-0.15, -0.1) is 0 Å². The average molecular weight is 626 g/mol. The van der Waals surface area contributed by atoms with Gasteiger partial charge in [0, 0.05) is 6.04 Å². The normalized spacial score (nSPS) is 19.6. The first-order valence-electron chi connectivity index (χ1n) is 15.5. The summed E-state index contributed by atoms with van der Waals surface area (Å²) in [5.41, 5.74) is 3.75. The standard InChI is InChI=1S/C33H44ClN5O3S/c1-21(2)42-30-19-26(24-12-14-25(15-13-24)39-16-8-9-17-39)23(5)18-29(30)37-33-35-20-27(34)32(38-33)36-28-10-6-7-11-31(28)43(40,41)22(3)4/h6-7,10-11,18-22,24-25H,8-9,12-17H2,1-5H3,(H2,35,36,37,38)/t24-,25+. The molecule has 0 bridgehead atoms. The van der Waals surface area contributed by atoms with Gasteiger partial charge in [0.15, 0.2) is 15.7 Å². The summed E-state index contributed by atoms with van der Waals surface area (Å²) in [5, 5.41) is 6.17. The first-order chi connectivity index (χ1) is 20.5. The highest BCUT2D eigenvalue weighted by atomic mass is 35.5. The zero-order valence-electron chi connectivity index (χ0n) is 25.9. The van der Waals surface area contributed by atoms with E-state index in [1.165, 1.54) is 68.9 Å². The van der Waals surface area contributed by atoms with Gasteiger partial charge in [-0.2, -0.15) is 4.98 Å². The molecule has 0 unspecified atom stereocenters. The number of ether oxygens (including phenoxy) is 1. The summed E-state index contributed by atoms with van der Waals surface area (Å²) in [6, 6.07) is 11.8. The number of likely N-dealkylation sites (tertiary alicyclic amines) is 1. The van der Waals surface area contributed by atoms with Gasteiger partial charge in [-0.05, 0) is 128 Å². The monoisotopic (exact) mass is 625 g/mol. The molecule has 2 heterocycles. The van der Waals surface area contributed by atoms with E-state index in [1.807, 2.05) is 13.8 Å². The number of aryl methyl sites for hydroxylation is 1. The molecular formula is C33H44ClN5O3S. The molecule has 1 saturated carbocycles. The molecule has 232 valence electrons. The van der Waals surface area contributed by atoms with E-state index < -0.39 is 15.1 Å². The van der Waals surface area contributed by atoms with E-state index in [2.05, 4.69) is 44.6 Å². The number of anilines is 4. The van der Waals surface area contributed by atoms with Gasteiger partial charge in [-0.3, -0.25) is 0 Å². The van der Waals surface area contributed by atoms with Crippen LogP contribution < -0.4 is 15.4 Å². The predicted molar refractivity (Wildman–Crippen MR) is 175 cm³/mol. The van der Waals surface area contributed by atoms with Crippen molar-refractivity contribution in [3.63, 3.8) is 0 Å². The first kappa shape index (κ1) is 31.5. The van der Waals surface area contributed by atoms with Crippen LogP contribution in [-0.2, 0) is 9.84 Å². The Morgan fingerprint density at radius 1 is 0.977 bits per heavy atom. The number of nitrogens with zero attached hydrogens (tertiary/aromatic N) is 3. The first-order valence-corrected chi connectivity index (χ1v) is 17.4. The number of aromatic nitrogens is 2. The molecule has 1 aromatic heterocycles. The van der Waals surface area contributed by atoms with Crippen LogP contribution in [0.4, 0.5) is 23.1 Å². The number of halogens is 1. The smallest absolute Gasteiger partial charge is 0.229 e. The molecule has 2 aliphatic rings. The number of hydrogen-bond donors (Lipinski definition) is 2. The van der Waals surface area contributed by atoms with Gasteiger partial charge >= 0.3 is 0 Å². The van der Waals surface area contributed by atoms with E-state index in [0.29, 0.717) is 23.4 Å². The number of para-hydroxylation sites is 1. The molecule has 0 spiro atoms. The van der Waals surface area contributed by atoms with Gasteiger partial charge in [0.25, 0.3) is 0 Å². The highest BCUT2D eigenvalue weighted by Gasteiger charge is 2.29. The van der Waals surface area contributed by atoms with Crippen LogP contribution in [0.2, 0.25) is 5.02 Å². The molecule has 1 aliphatic carbocycles. The maximum absolute atomic E-state index is 13.0. The third-order valence-electron chi connectivity index (χ3n) is 8.58. The number of nitrogens with one attached hydrogen (secondary N) is 2. The van der Waals surface area contributed by atoms with Crippen LogP contribution in [0.15, 0.2) is 47.5 Å². The molecule has 1 aliphatic heterocycles. The molecule has 2 aromatic carbocycles. The van der Waals surface area contributed by atoms with Gasteiger partial charge in [0.2, 0.25) is 5.95 Å². The number of rotatable bonds is 10. The van der Waals surface area contributed by atoms with E-state index in [4.69, 9.17) is 16.3 Å². The van der Waals surface area contributed by atoms with Gasteiger partial charge in [-0.25, -0.2) is 13.4 Å². The second-order valence-corrected chi connectivity index (χ2v) is 15.2. The molecule has 8 nitrogen and oxygen atoms in total. The fraction of sp³-hybridized carbons (Fsp3) is 0.515. The molecule has 1 saturated heterocycles. The molecule has 43 heavy (non-hydrogen) atoms. The summed E-state index contributed by atoms with van der Waals surface area (Å²) in [5.74, 6) is 1.91. The Balaban J connectivity index is 1.38. The lowest BCUT2D eigenvalue weighted by Crippen LogP contribution is -2.35. The SMILES string of the molecule is Cc1cc(Nc2ncc(Cl)c(Nc3ccccc3S(=O)(=O)C(C)C)n2)c(OC(C)C)cc1[C@H]1CC[C@@H](N2CCCC2)CC1. The van der Waals surface area contributed by atoms with E-state index in [0.717, 1.165) is 17.5 Å². The topological polar surface area (TPSA) is 96.5 Å². The van der Waals surface area contributed by atoms with E-state index in [9.17, 15) is 8.42 Å². The lowest BCUT2D eigenvalue weighted by molar-refractivity contribution is 0.181. The van der Waals surface area contributed by atoms with E-state index in [-0.39, 0.29) is 16.0 Å². The van der Waals surface area contributed by atoms with Crippen molar-refractivity contribution in [1.29, 1.82) is 0 Å². The Bertz CT molecular complexity index is 1530. The fourth-order valence-corrected chi connectivity index (χ4v) is 7.63. The third-order valence-corrected chi connectivity index (χ3v) is 11.1. The lowest BCUT2D eigenvalue weighted by atomic mass is 9.79. The molecule has 3 aromatic rings. The van der Waals surface area contributed by atoms with Gasteiger partial charge in [-0.1, -0.05) is 23.7 Å². The fourth-order valence-electron chi connectivity index (χ4n) is 6.29. The van der Waals surface area contributed by atoms with Crippen molar-refractivity contribution >= 4 is 44.6 Å².